The second kappa shape index (κ2) is 8.81. The van der Waals surface area contributed by atoms with Gasteiger partial charge in [-0.3, -0.25) is 9.67 Å². The Kier molecular flexibility index (Phi) is 5.97. The molecular weight excluding hydrogens is 322 g/mol. The molecule has 134 valence electrons. The lowest BCUT2D eigenvalue weighted by molar-refractivity contribution is 0.173. The van der Waals surface area contributed by atoms with Gasteiger partial charge in [0, 0.05) is 38.6 Å². The van der Waals surface area contributed by atoms with E-state index >= 15 is 0 Å². The van der Waals surface area contributed by atoms with Gasteiger partial charge in [-0.05, 0) is 24.6 Å². The first kappa shape index (κ1) is 16.9. The highest BCUT2D eigenvalue weighted by Gasteiger charge is 2.13. The Balaban J connectivity index is 1.30. The average molecular weight is 345 g/mol. The molecule has 0 atom stereocenters. The fourth-order valence-electron chi connectivity index (χ4n) is 2.41. The lowest BCUT2D eigenvalue weighted by Gasteiger charge is -2.12. The maximum absolute atomic E-state index is 5.71. The van der Waals surface area contributed by atoms with Crippen molar-refractivity contribution in [2.45, 2.75) is 13.0 Å². The Labute approximate surface area is 146 Å². The van der Waals surface area contributed by atoms with Gasteiger partial charge in [-0.25, -0.2) is 0 Å². The highest BCUT2D eigenvalue weighted by molar-refractivity contribution is 5.79. The predicted molar refractivity (Wildman–Crippen MR) is 94.3 cm³/mol. The molecule has 0 saturated carbocycles. The van der Waals surface area contributed by atoms with Crippen molar-refractivity contribution in [2.75, 3.05) is 33.5 Å². The van der Waals surface area contributed by atoms with Gasteiger partial charge in [0.1, 0.15) is 12.4 Å². The van der Waals surface area contributed by atoms with E-state index in [1.165, 1.54) is 0 Å². The number of aliphatic imine (C=N–C) groups is 1. The van der Waals surface area contributed by atoms with Crippen LogP contribution in [0.4, 0.5) is 0 Å². The molecule has 0 aliphatic carbocycles. The van der Waals surface area contributed by atoms with Crippen molar-refractivity contribution in [3.63, 3.8) is 0 Å². The Morgan fingerprint density at radius 1 is 1.28 bits per heavy atom. The Hall–Kier alpha value is -2.90. The number of guanidine groups is 1. The quantitative estimate of drug-likeness (QED) is 0.426. The SMILES string of the molecule is CN=C(NCCCn1cccn1)NCCOc1ccc2c(c1)OCO2. The van der Waals surface area contributed by atoms with E-state index in [2.05, 4.69) is 20.7 Å². The highest BCUT2D eigenvalue weighted by Crippen LogP contribution is 2.34. The van der Waals surface area contributed by atoms with E-state index in [4.69, 9.17) is 14.2 Å². The molecular formula is C17H23N5O3. The zero-order chi connectivity index (χ0) is 17.3. The lowest BCUT2D eigenvalue weighted by atomic mass is 10.3. The standard InChI is InChI=1S/C17H23N5O3/c1-18-17(19-6-2-9-22-10-3-7-21-22)20-8-11-23-14-4-5-15-16(12-14)25-13-24-15/h3-5,7,10,12H,2,6,8-9,11,13H2,1H3,(H2,18,19,20). The zero-order valence-corrected chi connectivity index (χ0v) is 14.3. The molecule has 2 aromatic rings. The summed E-state index contributed by atoms with van der Waals surface area (Å²) in [5, 5.41) is 10.7. The summed E-state index contributed by atoms with van der Waals surface area (Å²) in [5.74, 6) is 2.99. The number of hydrogen-bond donors (Lipinski definition) is 2. The first-order valence-electron chi connectivity index (χ1n) is 8.29. The van der Waals surface area contributed by atoms with E-state index < -0.39 is 0 Å². The number of aryl methyl sites for hydroxylation is 1. The largest absolute Gasteiger partial charge is 0.492 e. The van der Waals surface area contributed by atoms with E-state index in [1.807, 2.05) is 35.1 Å². The summed E-state index contributed by atoms with van der Waals surface area (Å²) >= 11 is 0. The van der Waals surface area contributed by atoms with Crippen molar-refractivity contribution >= 4 is 5.96 Å². The lowest BCUT2D eigenvalue weighted by Crippen LogP contribution is -2.39. The summed E-state index contributed by atoms with van der Waals surface area (Å²) in [6, 6.07) is 7.49. The highest BCUT2D eigenvalue weighted by atomic mass is 16.7. The van der Waals surface area contributed by atoms with Crippen LogP contribution in [0.25, 0.3) is 0 Å². The number of benzene rings is 1. The van der Waals surface area contributed by atoms with E-state index in [9.17, 15) is 0 Å². The molecule has 0 amide bonds. The third kappa shape index (κ3) is 5.03. The van der Waals surface area contributed by atoms with E-state index in [0.717, 1.165) is 42.7 Å². The van der Waals surface area contributed by atoms with Crippen molar-refractivity contribution in [3.05, 3.63) is 36.7 Å². The Morgan fingerprint density at radius 2 is 2.16 bits per heavy atom. The van der Waals surface area contributed by atoms with Crippen LogP contribution in [0.5, 0.6) is 17.2 Å². The molecule has 1 aliphatic rings. The molecule has 0 spiro atoms. The van der Waals surface area contributed by atoms with Crippen molar-refractivity contribution in [1.82, 2.24) is 20.4 Å². The minimum atomic E-state index is 0.267. The molecule has 1 aromatic heterocycles. The number of ether oxygens (including phenoxy) is 3. The van der Waals surface area contributed by atoms with Crippen LogP contribution in [0, 0.1) is 0 Å². The van der Waals surface area contributed by atoms with Crippen LogP contribution in [-0.2, 0) is 6.54 Å². The second-order valence-electron chi connectivity index (χ2n) is 5.41. The molecule has 3 rings (SSSR count). The molecule has 0 bridgehead atoms. The second-order valence-corrected chi connectivity index (χ2v) is 5.41. The molecule has 2 heterocycles. The van der Waals surface area contributed by atoms with Crippen molar-refractivity contribution in [3.8, 4) is 17.2 Å². The van der Waals surface area contributed by atoms with Gasteiger partial charge >= 0.3 is 0 Å². The van der Waals surface area contributed by atoms with Crippen LogP contribution in [0.15, 0.2) is 41.7 Å². The van der Waals surface area contributed by atoms with Crippen LogP contribution in [0.2, 0.25) is 0 Å². The topological polar surface area (TPSA) is 81.9 Å². The maximum atomic E-state index is 5.71. The van der Waals surface area contributed by atoms with Crippen LogP contribution in [-0.4, -0.2) is 49.3 Å². The van der Waals surface area contributed by atoms with Gasteiger partial charge in [0.05, 0.1) is 6.54 Å². The number of nitrogens with one attached hydrogen (secondary N) is 2. The Bertz CT molecular complexity index is 688. The first-order valence-corrected chi connectivity index (χ1v) is 8.29. The van der Waals surface area contributed by atoms with Crippen LogP contribution in [0.3, 0.4) is 0 Å². The fourth-order valence-corrected chi connectivity index (χ4v) is 2.41. The molecule has 0 unspecified atom stereocenters. The van der Waals surface area contributed by atoms with E-state index in [0.29, 0.717) is 13.2 Å². The first-order chi connectivity index (χ1) is 12.3. The zero-order valence-electron chi connectivity index (χ0n) is 14.3. The summed E-state index contributed by atoms with van der Waals surface area (Å²) in [5.41, 5.74) is 0. The van der Waals surface area contributed by atoms with Crippen molar-refractivity contribution < 1.29 is 14.2 Å². The maximum Gasteiger partial charge on any atom is 0.231 e. The van der Waals surface area contributed by atoms with Crippen LogP contribution < -0.4 is 24.8 Å². The molecule has 0 radical (unpaired) electrons. The average Bonchev–Trinajstić information content (AvgIpc) is 3.31. The Morgan fingerprint density at radius 3 is 3.00 bits per heavy atom. The van der Waals surface area contributed by atoms with Gasteiger partial charge < -0.3 is 24.8 Å². The van der Waals surface area contributed by atoms with Gasteiger partial charge in [-0.15, -0.1) is 0 Å². The molecule has 8 nitrogen and oxygen atoms in total. The minimum Gasteiger partial charge on any atom is -0.492 e. The number of nitrogens with zero attached hydrogens (tertiary/aromatic N) is 3. The molecule has 0 fully saturated rings. The van der Waals surface area contributed by atoms with E-state index in [-0.39, 0.29) is 6.79 Å². The van der Waals surface area contributed by atoms with Gasteiger partial charge in [0.15, 0.2) is 17.5 Å². The van der Waals surface area contributed by atoms with Crippen molar-refractivity contribution in [1.29, 1.82) is 0 Å². The predicted octanol–water partition coefficient (Wildman–Crippen LogP) is 1.25. The molecule has 25 heavy (non-hydrogen) atoms. The van der Waals surface area contributed by atoms with E-state index in [1.54, 1.807) is 13.2 Å². The van der Waals surface area contributed by atoms with Crippen LogP contribution in [0.1, 0.15) is 6.42 Å². The van der Waals surface area contributed by atoms with Gasteiger partial charge in [-0.1, -0.05) is 0 Å². The van der Waals surface area contributed by atoms with Gasteiger partial charge in [0.2, 0.25) is 6.79 Å². The summed E-state index contributed by atoms with van der Waals surface area (Å²) in [6.07, 6.45) is 4.71. The monoisotopic (exact) mass is 345 g/mol. The fraction of sp³-hybridized carbons (Fsp3) is 0.412. The normalized spacial score (nSPS) is 12.9. The third-order valence-corrected chi connectivity index (χ3v) is 3.65. The molecule has 8 heteroatoms. The number of hydrogen-bond acceptors (Lipinski definition) is 5. The minimum absolute atomic E-state index is 0.267. The summed E-state index contributed by atoms with van der Waals surface area (Å²) in [4.78, 5) is 4.19. The summed E-state index contributed by atoms with van der Waals surface area (Å²) in [6.45, 7) is 3.14. The number of fused-ring (bicyclic) bond motifs is 1. The van der Waals surface area contributed by atoms with Crippen LogP contribution >= 0.6 is 0 Å². The molecule has 1 aromatic carbocycles. The summed E-state index contributed by atoms with van der Waals surface area (Å²) in [7, 11) is 1.75. The molecule has 0 saturated heterocycles. The molecule has 2 N–H and O–H groups in total. The summed E-state index contributed by atoms with van der Waals surface area (Å²) < 4.78 is 18.2. The van der Waals surface area contributed by atoms with Gasteiger partial charge in [-0.2, -0.15) is 5.10 Å². The van der Waals surface area contributed by atoms with Gasteiger partial charge in [0.25, 0.3) is 0 Å². The van der Waals surface area contributed by atoms with Crippen molar-refractivity contribution in [2.24, 2.45) is 4.99 Å². The smallest absolute Gasteiger partial charge is 0.231 e. The molecule has 1 aliphatic heterocycles. The number of aromatic nitrogens is 2. The number of rotatable bonds is 8. The third-order valence-electron chi connectivity index (χ3n) is 3.65.